The van der Waals surface area contributed by atoms with Crippen LogP contribution in [-0.2, 0) is 9.57 Å². The monoisotopic (exact) mass is 454 g/mol. The van der Waals surface area contributed by atoms with Crippen LogP contribution in [0, 0.1) is 0 Å². The molecule has 3 rings (SSSR count). The standard InChI is InChI=1S/C24H30N4O5/c1-24(2,3)33-23(30)25-13-6-14-32-18-10-7-16(8-11-18)21-26-19-12-9-17(15-20(19)27-21)22(29)28(4)31-5/h7-12,15H,6,13-14H2,1-5H3,(H,25,30)(H,26,27). The average molecular weight is 455 g/mol. The lowest BCUT2D eigenvalue weighted by Crippen LogP contribution is -2.33. The summed E-state index contributed by atoms with van der Waals surface area (Å²) in [5, 5.41) is 3.88. The zero-order valence-electron chi connectivity index (χ0n) is 19.6. The summed E-state index contributed by atoms with van der Waals surface area (Å²) in [5.41, 5.74) is 2.42. The molecule has 33 heavy (non-hydrogen) atoms. The maximum atomic E-state index is 12.3. The van der Waals surface area contributed by atoms with Gasteiger partial charge >= 0.3 is 6.09 Å². The van der Waals surface area contributed by atoms with Crippen LogP contribution in [0.25, 0.3) is 22.4 Å². The number of hydroxylamine groups is 2. The van der Waals surface area contributed by atoms with E-state index in [4.69, 9.17) is 14.3 Å². The number of imidazole rings is 1. The molecule has 0 aliphatic heterocycles. The van der Waals surface area contributed by atoms with Crippen molar-refractivity contribution in [2.75, 3.05) is 27.3 Å². The fourth-order valence-electron chi connectivity index (χ4n) is 3.02. The van der Waals surface area contributed by atoms with Crippen molar-refractivity contribution >= 4 is 23.0 Å². The van der Waals surface area contributed by atoms with E-state index >= 15 is 0 Å². The molecular formula is C24H30N4O5. The molecule has 9 nitrogen and oxygen atoms in total. The van der Waals surface area contributed by atoms with Gasteiger partial charge in [0.2, 0.25) is 0 Å². The molecular weight excluding hydrogens is 424 g/mol. The fraction of sp³-hybridized carbons (Fsp3) is 0.375. The SMILES string of the molecule is CON(C)C(=O)c1ccc2nc(-c3ccc(OCCCNC(=O)OC(C)(C)C)cc3)[nH]c2c1. The van der Waals surface area contributed by atoms with Gasteiger partial charge in [0.25, 0.3) is 5.91 Å². The van der Waals surface area contributed by atoms with Crippen molar-refractivity contribution in [1.29, 1.82) is 0 Å². The molecule has 0 fully saturated rings. The van der Waals surface area contributed by atoms with Crippen molar-refractivity contribution in [3.63, 3.8) is 0 Å². The molecule has 0 atom stereocenters. The minimum Gasteiger partial charge on any atom is -0.494 e. The van der Waals surface area contributed by atoms with Crippen LogP contribution in [0.3, 0.4) is 0 Å². The van der Waals surface area contributed by atoms with E-state index in [0.717, 1.165) is 22.3 Å². The number of amides is 2. The van der Waals surface area contributed by atoms with E-state index in [0.29, 0.717) is 31.0 Å². The van der Waals surface area contributed by atoms with Gasteiger partial charge in [0.15, 0.2) is 0 Å². The van der Waals surface area contributed by atoms with E-state index in [9.17, 15) is 9.59 Å². The lowest BCUT2D eigenvalue weighted by Gasteiger charge is -2.19. The summed E-state index contributed by atoms with van der Waals surface area (Å²) in [5.74, 6) is 1.18. The summed E-state index contributed by atoms with van der Waals surface area (Å²) < 4.78 is 10.9. The fourth-order valence-corrected chi connectivity index (χ4v) is 3.02. The molecule has 0 saturated carbocycles. The van der Waals surface area contributed by atoms with Gasteiger partial charge in [-0.1, -0.05) is 0 Å². The third kappa shape index (κ3) is 6.69. The molecule has 2 amide bonds. The number of aromatic amines is 1. The summed E-state index contributed by atoms with van der Waals surface area (Å²) >= 11 is 0. The van der Waals surface area contributed by atoms with E-state index in [-0.39, 0.29) is 5.91 Å². The molecule has 176 valence electrons. The maximum Gasteiger partial charge on any atom is 0.407 e. The Bertz CT molecular complexity index is 1100. The second kappa shape index (κ2) is 10.4. The van der Waals surface area contributed by atoms with Crippen LogP contribution in [0.2, 0.25) is 0 Å². The minimum atomic E-state index is -0.511. The molecule has 9 heteroatoms. The molecule has 0 saturated heterocycles. The van der Waals surface area contributed by atoms with E-state index in [1.54, 1.807) is 25.2 Å². The van der Waals surface area contributed by atoms with Crippen LogP contribution < -0.4 is 10.1 Å². The Morgan fingerprint density at radius 2 is 1.85 bits per heavy atom. The number of rotatable bonds is 8. The number of ether oxygens (including phenoxy) is 2. The van der Waals surface area contributed by atoms with Gasteiger partial charge in [-0.3, -0.25) is 9.63 Å². The van der Waals surface area contributed by atoms with E-state index < -0.39 is 11.7 Å². The predicted molar refractivity (Wildman–Crippen MR) is 125 cm³/mol. The second-order valence-electron chi connectivity index (χ2n) is 8.46. The minimum absolute atomic E-state index is 0.238. The van der Waals surface area contributed by atoms with Crippen molar-refractivity contribution in [3.05, 3.63) is 48.0 Å². The molecule has 2 aromatic carbocycles. The Labute approximate surface area is 193 Å². The molecule has 0 radical (unpaired) electrons. The smallest absolute Gasteiger partial charge is 0.407 e. The highest BCUT2D eigenvalue weighted by atomic mass is 16.7. The number of hydrogen-bond acceptors (Lipinski definition) is 6. The zero-order chi connectivity index (χ0) is 24.0. The topological polar surface area (TPSA) is 106 Å². The van der Waals surface area contributed by atoms with Gasteiger partial charge in [-0.15, -0.1) is 0 Å². The lowest BCUT2D eigenvalue weighted by atomic mass is 10.2. The molecule has 3 aromatic rings. The van der Waals surface area contributed by atoms with Gasteiger partial charge in [-0.05, 0) is 69.7 Å². The van der Waals surface area contributed by atoms with Gasteiger partial charge in [-0.25, -0.2) is 14.8 Å². The number of hydrogen-bond donors (Lipinski definition) is 2. The summed E-state index contributed by atoms with van der Waals surface area (Å²) in [4.78, 5) is 36.7. The number of carbonyl (C=O) groups excluding carboxylic acids is 2. The second-order valence-corrected chi connectivity index (χ2v) is 8.46. The predicted octanol–water partition coefficient (Wildman–Crippen LogP) is 4.16. The maximum absolute atomic E-state index is 12.3. The number of alkyl carbamates (subject to hydrolysis) is 1. The first kappa shape index (κ1) is 24.1. The first-order valence-corrected chi connectivity index (χ1v) is 10.7. The highest BCUT2D eigenvalue weighted by molar-refractivity contribution is 5.97. The van der Waals surface area contributed by atoms with Crippen LogP contribution in [0.15, 0.2) is 42.5 Å². The summed E-state index contributed by atoms with van der Waals surface area (Å²) in [7, 11) is 3.01. The number of nitrogens with zero attached hydrogens (tertiary/aromatic N) is 2. The normalized spacial score (nSPS) is 11.3. The Kier molecular flexibility index (Phi) is 7.55. The Morgan fingerprint density at radius 1 is 1.12 bits per heavy atom. The van der Waals surface area contributed by atoms with Crippen LogP contribution in [0.1, 0.15) is 37.6 Å². The quantitative estimate of drug-likeness (QED) is 0.391. The molecule has 0 unspecified atom stereocenters. The lowest BCUT2D eigenvalue weighted by molar-refractivity contribution is -0.0756. The number of H-pyrrole nitrogens is 1. The van der Waals surface area contributed by atoms with Gasteiger partial charge < -0.3 is 19.8 Å². The molecule has 1 aromatic heterocycles. The highest BCUT2D eigenvalue weighted by Crippen LogP contribution is 2.24. The van der Waals surface area contributed by atoms with Gasteiger partial charge in [0.05, 0.1) is 24.8 Å². The molecule has 1 heterocycles. The van der Waals surface area contributed by atoms with Gasteiger partial charge in [0, 0.05) is 24.7 Å². The number of carbonyl (C=O) groups is 2. The first-order chi connectivity index (χ1) is 15.7. The van der Waals surface area contributed by atoms with Crippen molar-refractivity contribution in [2.24, 2.45) is 0 Å². The Morgan fingerprint density at radius 3 is 2.52 bits per heavy atom. The molecule has 0 bridgehead atoms. The van der Waals surface area contributed by atoms with Crippen molar-refractivity contribution in [2.45, 2.75) is 32.8 Å². The zero-order valence-corrected chi connectivity index (χ0v) is 19.6. The Hall–Kier alpha value is -3.59. The average Bonchev–Trinajstić information content (AvgIpc) is 3.20. The summed E-state index contributed by atoms with van der Waals surface area (Å²) in [6.45, 7) is 6.41. The van der Waals surface area contributed by atoms with E-state index in [1.165, 1.54) is 12.2 Å². The molecule has 0 spiro atoms. The van der Waals surface area contributed by atoms with Crippen molar-refractivity contribution < 1.29 is 23.9 Å². The number of fused-ring (bicyclic) bond motifs is 1. The van der Waals surface area contributed by atoms with Crippen LogP contribution in [-0.4, -0.2) is 59.9 Å². The van der Waals surface area contributed by atoms with Crippen LogP contribution in [0.4, 0.5) is 4.79 Å². The summed E-state index contributed by atoms with van der Waals surface area (Å²) in [6.07, 6.45) is 0.226. The first-order valence-electron chi connectivity index (χ1n) is 10.7. The van der Waals surface area contributed by atoms with Crippen LogP contribution >= 0.6 is 0 Å². The third-order valence-electron chi connectivity index (χ3n) is 4.67. The number of aromatic nitrogens is 2. The molecule has 0 aliphatic carbocycles. The van der Waals surface area contributed by atoms with Crippen molar-refractivity contribution in [3.8, 4) is 17.1 Å². The van der Waals surface area contributed by atoms with Crippen molar-refractivity contribution in [1.82, 2.24) is 20.3 Å². The highest BCUT2D eigenvalue weighted by Gasteiger charge is 2.16. The molecule has 0 aliphatic rings. The van der Waals surface area contributed by atoms with Crippen LogP contribution in [0.5, 0.6) is 5.75 Å². The number of nitrogens with one attached hydrogen (secondary N) is 2. The Balaban J connectivity index is 1.54. The molecule has 2 N–H and O–H groups in total. The van der Waals surface area contributed by atoms with Gasteiger partial charge in [0.1, 0.15) is 17.2 Å². The number of benzene rings is 2. The third-order valence-corrected chi connectivity index (χ3v) is 4.67. The van der Waals surface area contributed by atoms with E-state index in [2.05, 4.69) is 15.3 Å². The van der Waals surface area contributed by atoms with Gasteiger partial charge in [-0.2, -0.15) is 0 Å². The van der Waals surface area contributed by atoms with E-state index in [1.807, 2.05) is 45.0 Å². The summed E-state index contributed by atoms with van der Waals surface area (Å²) in [6, 6.07) is 12.8. The largest absolute Gasteiger partial charge is 0.494 e.